The molecule has 3 aromatic rings. The van der Waals surface area contributed by atoms with E-state index in [1.165, 1.54) is 0 Å². The minimum absolute atomic E-state index is 0.0470. The van der Waals surface area contributed by atoms with Gasteiger partial charge in [0.25, 0.3) is 0 Å². The SMILES string of the molecule is CCCc1ccccc1Nc1nc(Nc2ccc(Cl)cc2)ncc1C(F)(F)F. The summed E-state index contributed by atoms with van der Waals surface area (Å²) >= 11 is 5.85. The average Bonchev–Trinajstić information content (AvgIpc) is 2.65. The molecule has 0 fully saturated rings. The predicted molar refractivity (Wildman–Crippen MR) is 105 cm³/mol. The van der Waals surface area contributed by atoms with Crippen LogP contribution in [0.3, 0.4) is 0 Å². The van der Waals surface area contributed by atoms with Crippen LogP contribution in [0.5, 0.6) is 0 Å². The van der Waals surface area contributed by atoms with E-state index in [2.05, 4.69) is 20.6 Å². The molecule has 0 unspecified atom stereocenters. The van der Waals surface area contributed by atoms with Crippen molar-refractivity contribution >= 4 is 34.7 Å². The largest absolute Gasteiger partial charge is 0.421 e. The molecule has 28 heavy (non-hydrogen) atoms. The van der Waals surface area contributed by atoms with E-state index in [9.17, 15) is 13.2 Å². The highest BCUT2D eigenvalue weighted by Crippen LogP contribution is 2.36. The first-order valence-corrected chi connectivity index (χ1v) is 9.06. The Morgan fingerprint density at radius 1 is 1.00 bits per heavy atom. The summed E-state index contributed by atoms with van der Waals surface area (Å²) in [6, 6.07) is 13.9. The van der Waals surface area contributed by atoms with Crippen molar-refractivity contribution in [2.45, 2.75) is 25.9 Å². The van der Waals surface area contributed by atoms with Crippen molar-refractivity contribution in [1.29, 1.82) is 0 Å². The van der Waals surface area contributed by atoms with Crippen LogP contribution in [0.25, 0.3) is 0 Å². The Morgan fingerprint density at radius 2 is 1.71 bits per heavy atom. The molecule has 4 nitrogen and oxygen atoms in total. The Bertz CT molecular complexity index is 943. The van der Waals surface area contributed by atoms with Crippen LogP contribution in [-0.2, 0) is 12.6 Å². The van der Waals surface area contributed by atoms with Gasteiger partial charge < -0.3 is 10.6 Å². The first-order valence-electron chi connectivity index (χ1n) is 8.68. The molecule has 0 saturated carbocycles. The number of hydrogen-bond acceptors (Lipinski definition) is 4. The normalized spacial score (nSPS) is 11.3. The van der Waals surface area contributed by atoms with Gasteiger partial charge in [-0.3, -0.25) is 0 Å². The van der Waals surface area contributed by atoms with Crippen molar-refractivity contribution in [3.63, 3.8) is 0 Å². The van der Waals surface area contributed by atoms with Gasteiger partial charge in [0.05, 0.1) is 0 Å². The molecule has 2 aromatic carbocycles. The molecular weight excluding hydrogens is 389 g/mol. The molecule has 0 atom stereocenters. The van der Waals surface area contributed by atoms with E-state index in [1.54, 1.807) is 36.4 Å². The van der Waals surface area contributed by atoms with Gasteiger partial charge in [0, 0.05) is 22.6 Å². The topological polar surface area (TPSA) is 49.8 Å². The van der Waals surface area contributed by atoms with Gasteiger partial charge in [-0.25, -0.2) is 4.98 Å². The molecule has 146 valence electrons. The Hall–Kier alpha value is -2.80. The summed E-state index contributed by atoms with van der Waals surface area (Å²) in [6.07, 6.45) is -2.19. The number of halogens is 4. The maximum atomic E-state index is 13.4. The third-order valence-corrected chi connectivity index (χ3v) is 4.24. The van der Waals surface area contributed by atoms with Gasteiger partial charge in [-0.1, -0.05) is 43.1 Å². The zero-order chi connectivity index (χ0) is 20.1. The summed E-state index contributed by atoms with van der Waals surface area (Å²) in [4.78, 5) is 7.88. The van der Waals surface area contributed by atoms with Crippen LogP contribution in [0, 0.1) is 0 Å². The average molecular weight is 407 g/mol. The zero-order valence-corrected chi connectivity index (χ0v) is 15.8. The van der Waals surface area contributed by atoms with Crippen LogP contribution in [0.2, 0.25) is 5.02 Å². The minimum atomic E-state index is -4.58. The number of nitrogens with one attached hydrogen (secondary N) is 2. The summed E-state index contributed by atoms with van der Waals surface area (Å²) in [7, 11) is 0. The molecule has 1 heterocycles. The maximum Gasteiger partial charge on any atom is 0.421 e. The minimum Gasteiger partial charge on any atom is -0.339 e. The second-order valence-corrected chi connectivity index (χ2v) is 6.55. The van der Waals surface area contributed by atoms with E-state index in [1.807, 2.05) is 19.1 Å². The van der Waals surface area contributed by atoms with Crippen LogP contribution < -0.4 is 10.6 Å². The lowest BCUT2D eigenvalue weighted by atomic mass is 10.1. The number of para-hydroxylation sites is 1. The monoisotopic (exact) mass is 406 g/mol. The molecule has 1 aromatic heterocycles. The maximum absolute atomic E-state index is 13.4. The number of anilines is 4. The molecule has 0 aliphatic heterocycles. The number of nitrogens with zero attached hydrogens (tertiary/aromatic N) is 2. The molecule has 0 saturated heterocycles. The van der Waals surface area contributed by atoms with Crippen LogP contribution in [0.1, 0.15) is 24.5 Å². The summed E-state index contributed by atoms with van der Waals surface area (Å²) in [6.45, 7) is 2.01. The fourth-order valence-corrected chi connectivity index (χ4v) is 2.79. The lowest BCUT2D eigenvalue weighted by Crippen LogP contribution is -2.13. The molecule has 0 radical (unpaired) electrons. The highest BCUT2D eigenvalue weighted by molar-refractivity contribution is 6.30. The summed E-state index contributed by atoms with van der Waals surface area (Å²) in [5.41, 5.74) is 1.19. The Balaban J connectivity index is 1.96. The lowest BCUT2D eigenvalue weighted by molar-refractivity contribution is -0.137. The molecule has 0 amide bonds. The Kier molecular flexibility index (Phi) is 6.04. The summed E-state index contributed by atoms with van der Waals surface area (Å²) in [5.74, 6) is -0.256. The van der Waals surface area contributed by atoms with Crippen LogP contribution in [0.15, 0.2) is 54.7 Å². The first kappa shape index (κ1) is 19.9. The predicted octanol–water partition coefficient (Wildman–Crippen LogP) is 6.59. The Labute approximate surface area is 165 Å². The molecule has 2 N–H and O–H groups in total. The van der Waals surface area contributed by atoms with Crippen LogP contribution >= 0.6 is 11.6 Å². The standard InChI is InChI=1S/C20H18ClF3N4/c1-2-5-13-6-3-4-7-17(13)27-18-16(20(22,23)24)12-25-19(28-18)26-15-10-8-14(21)9-11-15/h3-4,6-12H,2,5H2,1H3,(H2,25,26,27,28). The molecule has 8 heteroatoms. The van der Waals surface area contributed by atoms with Gasteiger partial charge in [-0.15, -0.1) is 0 Å². The van der Waals surface area contributed by atoms with E-state index >= 15 is 0 Å². The second kappa shape index (κ2) is 8.48. The zero-order valence-electron chi connectivity index (χ0n) is 15.0. The number of alkyl halides is 3. The third-order valence-electron chi connectivity index (χ3n) is 3.98. The van der Waals surface area contributed by atoms with Crippen molar-refractivity contribution in [3.8, 4) is 0 Å². The highest BCUT2D eigenvalue weighted by Gasteiger charge is 2.35. The van der Waals surface area contributed by atoms with Crippen LogP contribution in [0.4, 0.5) is 36.3 Å². The number of rotatable bonds is 6. The smallest absolute Gasteiger partial charge is 0.339 e. The number of aromatic nitrogens is 2. The van der Waals surface area contributed by atoms with Gasteiger partial charge in [-0.2, -0.15) is 18.2 Å². The van der Waals surface area contributed by atoms with E-state index in [0.29, 0.717) is 16.4 Å². The summed E-state index contributed by atoms with van der Waals surface area (Å²) in [5, 5.41) is 6.27. The fourth-order valence-electron chi connectivity index (χ4n) is 2.66. The number of benzene rings is 2. The van der Waals surface area contributed by atoms with Crippen molar-refractivity contribution in [1.82, 2.24) is 9.97 Å². The van der Waals surface area contributed by atoms with E-state index in [0.717, 1.165) is 24.6 Å². The van der Waals surface area contributed by atoms with Crippen molar-refractivity contribution in [2.24, 2.45) is 0 Å². The number of hydrogen-bond donors (Lipinski definition) is 2. The number of aryl methyl sites for hydroxylation is 1. The van der Waals surface area contributed by atoms with Gasteiger partial charge in [0.15, 0.2) is 0 Å². The van der Waals surface area contributed by atoms with Gasteiger partial charge in [0.2, 0.25) is 5.95 Å². The van der Waals surface area contributed by atoms with E-state index in [4.69, 9.17) is 11.6 Å². The second-order valence-electron chi connectivity index (χ2n) is 6.12. The molecule has 0 aliphatic rings. The molecule has 0 bridgehead atoms. The van der Waals surface area contributed by atoms with Gasteiger partial charge in [0.1, 0.15) is 11.4 Å². The molecule has 0 spiro atoms. The fraction of sp³-hybridized carbons (Fsp3) is 0.200. The van der Waals surface area contributed by atoms with Gasteiger partial charge in [-0.05, 0) is 42.3 Å². The first-order chi connectivity index (χ1) is 13.4. The van der Waals surface area contributed by atoms with Crippen molar-refractivity contribution in [2.75, 3.05) is 10.6 Å². The summed E-state index contributed by atoms with van der Waals surface area (Å²) < 4.78 is 40.3. The van der Waals surface area contributed by atoms with Crippen molar-refractivity contribution < 1.29 is 13.2 Å². The van der Waals surface area contributed by atoms with Crippen LogP contribution in [-0.4, -0.2) is 9.97 Å². The van der Waals surface area contributed by atoms with Crippen molar-refractivity contribution in [3.05, 3.63) is 70.9 Å². The quantitative estimate of drug-likeness (QED) is 0.485. The van der Waals surface area contributed by atoms with E-state index in [-0.39, 0.29) is 11.8 Å². The molecular formula is C20H18ClF3N4. The molecule has 0 aliphatic carbocycles. The van der Waals surface area contributed by atoms with E-state index < -0.39 is 11.7 Å². The Morgan fingerprint density at radius 3 is 2.39 bits per heavy atom. The third kappa shape index (κ3) is 4.92. The lowest BCUT2D eigenvalue weighted by Gasteiger charge is -2.16. The van der Waals surface area contributed by atoms with Gasteiger partial charge >= 0.3 is 6.18 Å². The molecule has 3 rings (SSSR count). The highest BCUT2D eigenvalue weighted by atomic mass is 35.5.